The fourth-order valence-corrected chi connectivity index (χ4v) is 4.60. The predicted molar refractivity (Wildman–Crippen MR) is 69.9 cm³/mol. The Morgan fingerprint density at radius 2 is 2.00 bits per heavy atom. The van der Waals surface area contributed by atoms with Crippen LogP contribution in [0.3, 0.4) is 0 Å². The van der Waals surface area contributed by atoms with Gasteiger partial charge in [-0.15, -0.1) is 0 Å². The van der Waals surface area contributed by atoms with Crippen LogP contribution in [0.2, 0.25) is 0 Å². The lowest BCUT2D eigenvalue weighted by Gasteiger charge is -2.26. The number of benzene rings is 1. The number of hydrogen-bond acceptors (Lipinski definition) is 3. The van der Waals surface area contributed by atoms with Crippen LogP contribution in [0, 0.1) is 5.82 Å². The third kappa shape index (κ3) is 3.58. The number of halogens is 4. The largest absolute Gasteiger partial charge is 0.419 e. The summed E-state index contributed by atoms with van der Waals surface area (Å²) in [6, 6.07) is 2.69. The van der Waals surface area contributed by atoms with E-state index in [1.165, 1.54) is 17.8 Å². The van der Waals surface area contributed by atoms with Crippen molar-refractivity contribution in [2.24, 2.45) is 0 Å². The molecule has 19 heavy (non-hydrogen) atoms. The Balaban J connectivity index is 2.24. The molecule has 1 aromatic rings. The van der Waals surface area contributed by atoms with E-state index in [9.17, 15) is 22.7 Å². The summed E-state index contributed by atoms with van der Waals surface area (Å²) in [4.78, 5) is 0. The molecule has 0 aliphatic carbocycles. The van der Waals surface area contributed by atoms with Gasteiger partial charge in [-0.2, -0.15) is 36.7 Å². The lowest BCUT2D eigenvalue weighted by molar-refractivity contribution is -0.140. The summed E-state index contributed by atoms with van der Waals surface area (Å²) >= 11 is 3.20. The van der Waals surface area contributed by atoms with Crippen molar-refractivity contribution in [3.8, 4) is 0 Å². The first-order valence-electron chi connectivity index (χ1n) is 5.63. The van der Waals surface area contributed by atoms with Crippen molar-refractivity contribution in [1.82, 2.24) is 0 Å². The van der Waals surface area contributed by atoms with Crippen LogP contribution >= 0.6 is 23.5 Å². The summed E-state index contributed by atoms with van der Waals surface area (Å²) in [6.45, 7) is 0. The van der Waals surface area contributed by atoms with Crippen molar-refractivity contribution in [3.05, 3.63) is 35.1 Å². The Morgan fingerprint density at radius 3 is 2.58 bits per heavy atom. The van der Waals surface area contributed by atoms with Crippen LogP contribution in [0.5, 0.6) is 0 Å². The average molecular weight is 312 g/mol. The zero-order chi connectivity index (χ0) is 14.0. The van der Waals surface area contributed by atoms with Crippen molar-refractivity contribution in [2.45, 2.75) is 17.5 Å². The molecule has 2 rings (SSSR count). The van der Waals surface area contributed by atoms with Crippen LogP contribution < -0.4 is 0 Å². The molecular weight excluding hydrogens is 300 g/mol. The lowest BCUT2D eigenvalue weighted by Crippen LogP contribution is -2.23. The van der Waals surface area contributed by atoms with E-state index in [1.54, 1.807) is 11.8 Å². The number of alkyl halides is 3. The predicted octanol–water partition coefficient (Wildman–Crippen LogP) is 3.73. The second-order valence-corrected chi connectivity index (χ2v) is 6.66. The second kappa shape index (κ2) is 5.93. The number of rotatable bonds is 2. The zero-order valence-corrected chi connectivity index (χ0v) is 11.4. The summed E-state index contributed by atoms with van der Waals surface area (Å²) in [5, 5.41) is 9.95. The van der Waals surface area contributed by atoms with Gasteiger partial charge < -0.3 is 5.11 Å². The second-order valence-electron chi connectivity index (χ2n) is 4.17. The quantitative estimate of drug-likeness (QED) is 0.840. The van der Waals surface area contributed by atoms with E-state index in [4.69, 9.17) is 0 Å². The first kappa shape index (κ1) is 15.0. The minimum absolute atomic E-state index is 0.119. The van der Waals surface area contributed by atoms with Gasteiger partial charge in [-0.05, 0) is 17.7 Å². The van der Waals surface area contributed by atoms with E-state index < -0.39 is 23.7 Å². The van der Waals surface area contributed by atoms with Crippen molar-refractivity contribution in [3.63, 3.8) is 0 Å². The number of hydrogen-bond donors (Lipinski definition) is 1. The van der Waals surface area contributed by atoms with Crippen LogP contribution in [-0.4, -0.2) is 27.6 Å². The fourth-order valence-electron chi connectivity index (χ4n) is 1.85. The van der Waals surface area contributed by atoms with Crippen LogP contribution in [0.15, 0.2) is 18.2 Å². The van der Waals surface area contributed by atoms with Crippen molar-refractivity contribution in [1.29, 1.82) is 0 Å². The summed E-state index contributed by atoms with van der Waals surface area (Å²) < 4.78 is 51.0. The molecule has 0 spiro atoms. The highest BCUT2D eigenvalue weighted by Gasteiger charge is 2.35. The molecule has 0 saturated carbocycles. The third-order valence-corrected chi connectivity index (χ3v) is 5.68. The lowest BCUT2D eigenvalue weighted by atomic mass is 10.0. The van der Waals surface area contributed by atoms with Crippen molar-refractivity contribution in [2.75, 3.05) is 17.3 Å². The first-order valence-corrected chi connectivity index (χ1v) is 7.84. The standard InChI is InChI=1S/C12H12F4OS2/c13-9-2-1-7(5-8(9)12(14,15)16)11(17)10-6-18-3-4-19-10/h1-2,5,10-11,17H,3-4,6H2. The van der Waals surface area contributed by atoms with E-state index in [-0.39, 0.29) is 10.8 Å². The molecule has 106 valence electrons. The molecule has 1 aromatic carbocycles. The van der Waals surface area contributed by atoms with Crippen molar-refractivity contribution < 1.29 is 22.7 Å². The zero-order valence-electron chi connectivity index (χ0n) is 9.78. The Kier molecular flexibility index (Phi) is 4.68. The van der Waals surface area contributed by atoms with E-state index >= 15 is 0 Å². The number of thioether (sulfide) groups is 2. The van der Waals surface area contributed by atoms with E-state index in [0.29, 0.717) is 11.8 Å². The molecule has 1 aliphatic heterocycles. The smallest absolute Gasteiger partial charge is 0.387 e. The van der Waals surface area contributed by atoms with Crippen LogP contribution in [0.4, 0.5) is 17.6 Å². The maximum Gasteiger partial charge on any atom is 0.419 e. The average Bonchev–Trinajstić information content (AvgIpc) is 2.38. The van der Waals surface area contributed by atoms with E-state index in [2.05, 4.69) is 0 Å². The van der Waals surface area contributed by atoms with E-state index in [0.717, 1.165) is 17.6 Å². The topological polar surface area (TPSA) is 20.2 Å². The van der Waals surface area contributed by atoms with E-state index in [1.807, 2.05) is 0 Å². The summed E-state index contributed by atoms with van der Waals surface area (Å²) in [7, 11) is 0. The number of aliphatic hydroxyl groups is 1. The number of aliphatic hydroxyl groups excluding tert-OH is 1. The molecule has 2 atom stereocenters. The molecule has 0 bridgehead atoms. The highest BCUT2D eigenvalue weighted by atomic mass is 32.2. The monoisotopic (exact) mass is 312 g/mol. The molecule has 1 fully saturated rings. The minimum Gasteiger partial charge on any atom is -0.387 e. The normalized spacial score (nSPS) is 22.3. The van der Waals surface area contributed by atoms with Gasteiger partial charge in [0.25, 0.3) is 0 Å². The maximum absolute atomic E-state index is 13.2. The molecule has 0 aromatic heterocycles. The van der Waals surface area contributed by atoms with Crippen LogP contribution in [-0.2, 0) is 6.18 Å². The van der Waals surface area contributed by atoms with Gasteiger partial charge in [0.2, 0.25) is 0 Å². The van der Waals surface area contributed by atoms with Gasteiger partial charge in [-0.25, -0.2) is 4.39 Å². The first-order chi connectivity index (χ1) is 8.89. The molecule has 1 saturated heterocycles. The van der Waals surface area contributed by atoms with Gasteiger partial charge >= 0.3 is 6.18 Å². The van der Waals surface area contributed by atoms with Gasteiger partial charge in [0.1, 0.15) is 5.82 Å². The van der Waals surface area contributed by atoms with Gasteiger partial charge in [0.15, 0.2) is 0 Å². The Bertz CT molecular complexity index is 444. The SMILES string of the molecule is OC(c1ccc(F)c(C(F)(F)F)c1)C1CSCCS1. The summed E-state index contributed by atoms with van der Waals surface area (Å²) in [5.74, 6) is 1.21. The molecule has 1 heterocycles. The molecule has 1 nitrogen and oxygen atoms in total. The highest BCUT2D eigenvalue weighted by Crippen LogP contribution is 2.37. The van der Waals surface area contributed by atoms with Crippen molar-refractivity contribution >= 4 is 23.5 Å². The molecular formula is C12H12F4OS2. The molecule has 2 unspecified atom stereocenters. The van der Waals surface area contributed by atoms with Gasteiger partial charge in [-0.3, -0.25) is 0 Å². The van der Waals surface area contributed by atoms with Gasteiger partial charge in [0, 0.05) is 22.5 Å². The summed E-state index contributed by atoms with van der Waals surface area (Å²) in [5.41, 5.74) is -1.20. The van der Waals surface area contributed by atoms with Crippen LogP contribution in [0.1, 0.15) is 17.2 Å². The van der Waals surface area contributed by atoms with Gasteiger partial charge in [0.05, 0.1) is 11.7 Å². The Labute approximate surface area is 116 Å². The third-order valence-electron chi connectivity index (χ3n) is 2.83. The minimum atomic E-state index is -4.74. The molecule has 0 amide bonds. The molecule has 1 aliphatic rings. The fraction of sp³-hybridized carbons (Fsp3) is 0.500. The summed E-state index contributed by atoms with van der Waals surface area (Å²) in [6.07, 6.45) is -5.74. The molecule has 1 N–H and O–H groups in total. The molecule has 0 radical (unpaired) electrons. The molecule has 7 heteroatoms. The maximum atomic E-state index is 13.2. The van der Waals surface area contributed by atoms with Gasteiger partial charge in [-0.1, -0.05) is 6.07 Å². The Morgan fingerprint density at radius 1 is 1.26 bits per heavy atom. The highest BCUT2D eigenvalue weighted by molar-refractivity contribution is 8.06. The van der Waals surface area contributed by atoms with Crippen LogP contribution in [0.25, 0.3) is 0 Å². The Hall–Kier alpha value is -0.400.